The smallest absolute Gasteiger partial charge is 0.238 e. The molecule has 0 aliphatic heterocycles. The highest BCUT2D eigenvalue weighted by molar-refractivity contribution is 7.79. The standard InChI is InChI=1S/C27H30N4O3S2/c1-18(2)16-23(25(32)31-27(17-28)12-13-27)30-24(26-29-14-15-35-26)21-6-4-19(5-7-21)20-8-10-22(11-9-20)34-36(3)33/h4-11,14-15,18,23-24,30H,12-13,16H2,1-3H3,(H,31,32)/t23-,24-,36?/m0/s1. The van der Waals surface area contributed by atoms with E-state index in [0.29, 0.717) is 30.9 Å². The lowest BCUT2D eigenvalue weighted by Crippen LogP contribution is -2.50. The minimum Gasteiger partial charge on any atom is -0.401 e. The van der Waals surface area contributed by atoms with Crippen molar-refractivity contribution in [1.82, 2.24) is 15.6 Å². The number of carbonyl (C=O) groups is 1. The Morgan fingerprint density at radius 3 is 2.31 bits per heavy atom. The minimum absolute atomic E-state index is 0.142. The third kappa shape index (κ3) is 6.58. The van der Waals surface area contributed by atoms with Crippen molar-refractivity contribution in [3.05, 3.63) is 70.7 Å². The monoisotopic (exact) mass is 522 g/mol. The summed E-state index contributed by atoms with van der Waals surface area (Å²) in [5.74, 6) is 0.709. The van der Waals surface area contributed by atoms with Crippen LogP contribution >= 0.6 is 11.3 Å². The molecule has 1 amide bonds. The molecule has 1 heterocycles. The van der Waals surface area contributed by atoms with E-state index in [0.717, 1.165) is 21.7 Å². The van der Waals surface area contributed by atoms with E-state index < -0.39 is 22.7 Å². The molecule has 0 bridgehead atoms. The van der Waals surface area contributed by atoms with E-state index >= 15 is 0 Å². The Hall–Kier alpha value is -3.06. The number of amides is 1. The van der Waals surface area contributed by atoms with Gasteiger partial charge in [0, 0.05) is 17.8 Å². The number of carbonyl (C=O) groups excluding carboxylic acids is 1. The fraction of sp³-hybridized carbons (Fsp3) is 0.370. The highest BCUT2D eigenvalue weighted by Crippen LogP contribution is 2.35. The summed E-state index contributed by atoms with van der Waals surface area (Å²) in [5.41, 5.74) is 2.33. The van der Waals surface area contributed by atoms with Gasteiger partial charge < -0.3 is 9.50 Å². The summed E-state index contributed by atoms with van der Waals surface area (Å²) in [6, 6.07) is 17.2. The Balaban J connectivity index is 1.56. The van der Waals surface area contributed by atoms with Gasteiger partial charge in [-0.2, -0.15) is 5.26 Å². The predicted octanol–water partition coefficient (Wildman–Crippen LogP) is 4.75. The molecule has 0 radical (unpaired) electrons. The molecular formula is C27H30N4O3S2. The van der Waals surface area contributed by atoms with Gasteiger partial charge in [-0.05, 0) is 54.0 Å². The first-order chi connectivity index (χ1) is 17.3. The van der Waals surface area contributed by atoms with Crippen LogP contribution < -0.4 is 14.8 Å². The zero-order valence-corrected chi connectivity index (χ0v) is 22.2. The first-order valence-electron chi connectivity index (χ1n) is 11.9. The zero-order chi connectivity index (χ0) is 25.7. The van der Waals surface area contributed by atoms with Gasteiger partial charge in [-0.3, -0.25) is 10.1 Å². The molecule has 0 spiro atoms. The van der Waals surface area contributed by atoms with E-state index in [1.165, 1.54) is 17.6 Å². The summed E-state index contributed by atoms with van der Waals surface area (Å²) < 4.78 is 16.5. The second-order valence-electron chi connectivity index (χ2n) is 9.47. The van der Waals surface area contributed by atoms with E-state index in [4.69, 9.17) is 4.18 Å². The van der Waals surface area contributed by atoms with Gasteiger partial charge in [0.2, 0.25) is 17.0 Å². The summed E-state index contributed by atoms with van der Waals surface area (Å²) in [5, 5.41) is 18.7. The Kier molecular flexibility index (Phi) is 8.19. The van der Waals surface area contributed by atoms with E-state index in [2.05, 4.69) is 35.5 Å². The molecule has 1 saturated carbocycles. The number of nitriles is 1. The molecule has 3 atom stereocenters. The Morgan fingerprint density at radius 2 is 1.81 bits per heavy atom. The predicted molar refractivity (Wildman–Crippen MR) is 143 cm³/mol. The summed E-state index contributed by atoms with van der Waals surface area (Å²) in [7, 11) is 0. The van der Waals surface area contributed by atoms with Crippen molar-refractivity contribution >= 4 is 28.3 Å². The van der Waals surface area contributed by atoms with Crippen molar-refractivity contribution in [2.24, 2.45) is 5.92 Å². The van der Waals surface area contributed by atoms with Crippen LogP contribution in [0.3, 0.4) is 0 Å². The second-order valence-corrected chi connectivity index (χ2v) is 11.4. The maximum Gasteiger partial charge on any atom is 0.238 e. The molecular weight excluding hydrogens is 492 g/mol. The van der Waals surface area contributed by atoms with E-state index in [9.17, 15) is 14.3 Å². The first kappa shape index (κ1) is 26.0. The van der Waals surface area contributed by atoms with E-state index in [1.54, 1.807) is 18.3 Å². The highest BCUT2D eigenvalue weighted by atomic mass is 32.2. The van der Waals surface area contributed by atoms with Crippen LogP contribution in [0.2, 0.25) is 0 Å². The maximum absolute atomic E-state index is 13.2. The van der Waals surface area contributed by atoms with Crippen LogP contribution in [0.15, 0.2) is 60.1 Å². The first-order valence-corrected chi connectivity index (χ1v) is 14.3. The molecule has 1 aromatic heterocycles. The lowest BCUT2D eigenvalue weighted by atomic mass is 9.98. The van der Waals surface area contributed by atoms with Gasteiger partial charge in [-0.1, -0.05) is 50.2 Å². The van der Waals surface area contributed by atoms with Crippen molar-refractivity contribution in [3.8, 4) is 22.9 Å². The lowest BCUT2D eigenvalue weighted by molar-refractivity contribution is -0.124. The number of rotatable bonds is 11. The number of hydrogen-bond donors (Lipinski definition) is 2. The fourth-order valence-electron chi connectivity index (χ4n) is 4.03. The summed E-state index contributed by atoms with van der Waals surface area (Å²) in [4.78, 5) is 17.7. The maximum atomic E-state index is 13.2. The summed E-state index contributed by atoms with van der Waals surface area (Å²) in [6.45, 7) is 4.17. The van der Waals surface area contributed by atoms with Gasteiger partial charge in [0.05, 0.1) is 18.2 Å². The minimum atomic E-state index is -1.36. The molecule has 1 unspecified atom stereocenters. The molecule has 1 aliphatic carbocycles. The van der Waals surface area contributed by atoms with Crippen molar-refractivity contribution in [2.45, 2.75) is 50.7 Å². The number of nitrogens with zero attached hydrogens (tertiary/aromatic N) is 2. The van der Waals surface area contributed by atoms with Crippen LogP contribution in [0.5, 0.6) is 5.75 Å². The Labute approximate surface area is 218 Å². The third-order valence-corrected chi connectivity index (χ3v) is 7.33. The van der Waals surface area contributed by atoms with Gasteiger partial charge >= 0.3 is 0 Å². The number of nitrogens with one attached hydrogen (secondary N) is 2. The Morgan fingerprint density at radius 1 is 1.17 bits per heavy atom. The molecule has 2 N–H and O–H groups in total. The van der Waals surface area contributed by atoms with Crippen molar-refractivity contribution < 1.29 is 13.2 Å². The average molecular weight is 523 g/mol. The molecule has 9 heteroatoms. The quantitative estimate of drug-likeness (QED) is 0.377. The van der Waals surface area contributed by atoms with E-state index in [1.807, 2.05) is 41.8 Å². The van der Waals surface area contributed by atoms with Gasteiger partial charge in [-0.25, -0.2) is 9.19 Å². The van der Waals surface area contributed by atoms with Crippen LogP contribution in [-0.2, 0) is 15.9 Å². The molecule has 0 saturated heterocycles. The topological polar surface area (TPSA) is 104 Å². The number of thiazole rings is 1. The SMILES string of the molecule is CC(C)C[C@H](N[C@@H](c1ccc(-c2ccc(OS(C)=O)cc2)cc1)c1nccs1)C(=O)NC1(C#N)CC1. The van der Waals surface area contributed by atoms with Crippen LogP contribution in [0.4, 0.5) is 0 Å². The molecule has 188 valence electrons. The molecule has 7 nitrogen and oxygen atoms in total. The van der Waals surface area contributed by atoms with Crippen LogP contribution in [-0.4, -0.2) is 32.9 Å². The summed E-state index contributed by atoms with van der Waals surface area (Å²) >= 11 is 0.176. The van der Waals surface area contributed by atoms with Crippen LogP contribution in [0, 0.1) is 17.2 Å². The summed E-state index contributed by atoms with van der Waals surface area (Å²) in [6.07, 6.45) is 5.30. The highest BCUT2D eigenvalue weighted by Gasteiger charge is 2.45. The second kappa shape index (κ2) is 11.3. The lowest BCUT2D eigenvalue weighted by Gasteiger charge is -2.26. The van der Waals surface area contributed by atoms with E-state index in [-0.39, 0.29) is 11.9 Å². The average Bonchev–Trinajstić information content (AvgIpc) is 3.41. The molecule has 2 aromatic carbocycles. The Bertz CT molecular complexity index is 1230. The largest absolute Gasteiger partial charge is 0.401 e. The van der Waals surface area contributed by atoms with Gasteiger partial charge in [-0.15, -0.1) is 11.3 Å². The molecule has 4 rings (SSSR count). The van der Waals surface area contributed by atoms with Crippen molar-refractivity contribution in [3.63, 3.8) is 0 Å². The van der Waals surface area contributed by atoms with Crippen molar-refractivity contribution in [2.75, 3.05) is 6.26 Å². The normalized spacial score (nSPS) is 16.5. The van der Waals surface area contributed by atoms with Crippen LogP contribution in [0.25, 0.3) is 11.1 Å². The van der Waals surface area contributed by atoms with Gasteiger partial charge in [0.25, 0.3) is 0 Å². The molecule has 36 heavy (non-hydrogen) atoms. The van der Waals surface area contributed by atoms with Gasteiger partial charge in [0.15, 0.2) is 0 Å². The van der Waals surface area contributed by atoms with Gasteiger partial charge in [0.1, 0.15) is 16.3 Å². The number of benzene rings is 2. The molecule has 3 aromatic rings. The number of aromatic nitrogens is 1. The van der Waals surface area contributed by atoms with Crippen LogP contribution in [0.1, 0.15) is 49.7 Å². The van der Waals surface area contributed by atoms with Crippen molar-refractivity contribution in [1.29, 1.82) is 5.26 Å². The molecule has 1 aliphatic rings. The number of hydrogen-bond acceptors (Lipinski definition) is 7. The fourth-order valence-corrected chi connectivity index (χ4v) is 5.13. The third-order valence-electron chi connectivity index (χ3n) is 6.06. The zero-order valence-electron chi connectivity index (χ0n) is 20.6. The molecule has 1 fully saturated rings.